The van der Waals surface area contributed by atoms with E-state index in [9.17, 15) is 9.59 Å². The molecular weight excluding hydrogens is 380 g/mol. The Morgan fingerprint density at radius 1 is 1.20 bits per heavy atom. The summed E-state index contributed by atoms with van der Waals surface area (Å²) in [5.41, 5.74) is 4.16. The zero-order valence-corrected chi connectivity index (χ0v) is 16.0. The van der Waals surface area contributed by atoms with Crippen LogP contribution in [0.3, 0.4) is 0 Å². The summed E-state index contributed by atoms with van der Waals surface area (Å²) in [6, 6.07) is 13.7. The van der Waals surface area contributed by atoms with Crippen LogP contribution >= 0.6 is 15.9 Å². The van der Waals surface area contributed by atoms with Crippen molar-refractivity contribution in [1.82, 2.24) is 4.90 Å². The Morgan fingerprint density at radius 3 is 2.72 bits per heavy atom. The first-order valence-corrected chi connectivity index (χ1v) is 9.12. The van der Waals surface area contributed by atoms with Crippen LogP contribution in [0, 0.1) is 19.8 Å². The van der Waals surface area contributed by atoms with Crippen LogP contribution in [0.5, 0.6) is 0 Å². The van der Waals surface area contributed by atoms with Gasteiger partial charge in [0.15, 0.2) is 0 Å². The van der Waals surface area contributed by atoms with Crippen molar-refractivity contribution in [2.45, 2.75) is 26.8 Å². The molecule has 1 aliphatic rings. The van der Waals surface area contributed by atoms with E-state index in [1.807, 2.05) is 56.3 Å². The highest BCUT2D eigenvalue weighted by Crippen LogP contribution is 2.23. The zero-order valence-electron chi connectivity index (χ0n) is 14.4. The average molecular weight is 401 g/mol. The summed E-state index contributed by atoms with van der Waals surface area (Å²) in [6.45, 7) is 5.05. The van der Waals surface area contributed by atoms with Crippen LogP contribution in [0.2, 0.25) is 0 Å². The number of amides is 2. The largest absolute Gasteiger partial charge is 0.338 e. The maximum atomic E-state index is 12.5. The van der Waals surface area contributed by atoms with Gasteiger partial charge in [0.2, 0.25) is 11.8 Å². The molecule has 3 rings (SSSR count). The molecule has 0 aromatic heterocycles. The number of benzene rings is 2. The van der Waals surface area contributed by atoms with Gasteiger partial charge >= 0.3 is 0 Å². The lowest BCUT2D eigenvalue weighted by molar-refractivity contribution is -0.128. The molecule has 25 heavy (non-hydrogen) atoms. The molecule has 0 aliphatic carbocycles. The Morgan fingerprint density at radius 2 is 2.00 bits per heavy atom. The van der Waals surface area contributed by atoms with E-state index in [0.29, 0.717) is 13.1 Å². The second-order valence-corrected chi connectivity index (χ2v) is 7.51. The van der Waals surface area contributed by atoms with Crippen LogP contribution in [0.15, 0.2) is 46.9 Å². The maximum absolute atomic E-state index is 12.5. The Labute approximate surface area is 156 Å². The lowest BCUT2D eigenvalue weighted by Crippen LogP contribution is -2.28. The molecule has 2 aromatic carbocycles. The second kappa shape index (κ2) is 7.40. The fourth-order valence-corrected chi connectivity index (χ4v) is 3.47. The van der Waals surface area contributed by atoms with E-state index in [2.05, 4.69) is 21.2 Å². The van der Waals surface area contributed by atoms with Gasteiger partial charge in [-0.05, 0) is 54.8 Å². The van der Waals surface area contributed by atoms with Gasteiger partial charge in [-0.15, -0.1) is 0 Å². The van der Waals surface area contributed by atoms with Crippen molar-refractivity contribution in [1.29, 1.82) is 0 Å². The van der Waals surface area contributed by atoms with Crippen LogP contribution in [-0.4, -0.2) is 23.3 Å². The Hall–Kier alpha value is -2.14. The first-order chi connectivity index (χ1) is 11.9. The number of nitrogens with one attached hydrogen (secondary N) is 1. The van der Waals surface area contributed by atoms with Gasteiger partial charge in [0, 0.05) is 29.7 Å². The molecule has 2 amide bonds. The van der Waals surface area contributed by atoms with E-state index in [0.717, 1.165) is 21.3 Å². The lowest BCUT2D eigenvalue weighted by Gasteiger charge is -2.17. The number of anilines is 1. The Kier molecular flexibility index (Phi) is 5.23. The number of hydrogen-bond donors (Lipinski definition) is 1. The van der Waals surface area contributed by atoms with E-state index in [1.165, 1.54) is 5.56 Å². The first kappa shape index (κ1) is 17.7. The SMILES string of the molecule is Cc1ccc(NC(=O)C2CC(=O)N(Cc3cccc(Br)c3)C2)cc1C. The molecule has 130 valence electrons. The van der Waals surface area contributed by atoms with Crippen molar-refractivity contribution in [3.63, 3.8) is 0 Å². The highest BCUT2D eigenvalue weighted by atomic mass is 79.9. The smallest absolute Gasteiger partial charge is 0.229 e. The van der Waals surface area contributed by atoms with Crippen molar-refractivity contribution < 1.29 is 9.59 Å². The summed E-state index contributed by atoms with van der Waals surface area (Å²) in [6.07, 6.45) is 0.269. The first-order valence-electron chi connectivity index (χ1n) is 8.32. The third-order valence-electron chi connectivity index (χ3n) is 4.62. The summed E-state index contributed by atoms with van der Waals surface area (Å²) in [5.74, 6) is -0.366. The van der Waals surface area contributed by atoms with Crippen LogP contribution in [0.1, 0.15) is 23.1 Å². The predicted octanol–water partition coefficient (Wildman–Crippen LogP) is 4.05. The number of carbonyl (C=O) groups is 2. The highest BCUT2D eigenvalue weighted by molar-refractivity contribution is 9.10. The van der Waals surface area contributed by atoms with Gasteiger partial charge < -0.3 is 10.2 Å². The van der Waals surface area contributed by atoms with Crippen LogP contribution in [-0.2, 0) is 16.1 Å². The van der Waals surface area contributed by atoms with E-state index < -0.39 is 0 Å². The van der Waals surface area contributed by atoms with Gasteiger partial charge in [-0.3, -0.25) is 9.59 Å². The topological polar surface area (TPSA) is 49.4 Å². The molecule has 0 spiro atoms. The number of hydrogen-bond acceptors (Lipinski definition) is 2. The normalized spacial score (nSPS) is 17.0. The van der Waals surface area contributed by atoms with Crippen molar-refractivity contribution in [3.05, 3.63) is 63.6 Å². The summed E-state index contributed by atoms with van der Waals surface area (Å²) in [7, 11) is 0. The number of likely N-dealkylation sites (tertiary alicyclic amines) is 1. The summed E-state index contributed by atoms with van der Waals surface area (Å²) < 4.78 is 0.987. The standard InChI is InChI=1S/C20H21BrN2O2/c1-13-6-7-18(8-14(13)2)22-20(25)16-10-19(24)23(12-16)11-15-4-3-5-17(21)9-15/h3-9,16H,10-12H2,1-2H3,(H,22,25). The van der Waals surface area contributed by atoms with Gasteiger partial charge in [-0.1, -0.05) is 34.1 Å². The van der Waals surface area contributed by atoms with Crippen LogP contribution in [0.4, 0.5) is 5.69 Å². The quantitative estimate of drug-likeness (QED) is 0.841. The van der Waals surface area contributed by atoms with E-state index in [-0.39, 0.29) is 24.2 Å². The lowest BCUT2D eigenvalue weighted by atomic mass is 10.1. The van der Waals surface area contributed by atoms with Crippen molar-refractivity contribution in [3.8, 4) is 0 Å². The van der Waals surface area contributed by atoms with Crippen molar-refractivity contribution in [2.75, 3.05) is 11.9 Å². The minimum absolute atomic E-state index is 0.0280. The zero-order chi connectivity index (χ0) is 18.0. The van der Waals surface area contributed by atoms with Crippen molar-refractivity contribution in [2.24, 2.45) is 5.92 Å². The highest BCUT2D eigenvalue weighted by Gasteiger charge is 2.34. The van der Waals surface area contributed by atoms with Crippen LogP contribution in [0.25, 0.3) is 0 Å². The number of nitrogens with zero attached hydrogens (tertiary/aromatic N) is 1. The number of aryl methyl sites for hydroxylation is 2. The Balaban J connectivity index is 1.63. The Bertz CT molecular complexity index is 819. The molecule has 1 unspecified atom stereocenters. The van der Waals surface area contributed by atoms with Crippen molar-refractivity contribution >= 4 is 33.4 Å². The fraction of sp³-hybridized carbons (Fsp3) is 0.300. The molecule has 1 aliphatic heterocycles. The summed E-state index contributed by atoms with van der Waals surface area (Å²) in [4.78, 5) is 26.5. The molecule has 0 radical (unpaired) electrons. The summed E-state index contributed by atoms with van der Waals surface area (Å²) >= 11 is 3.44. The third kappa shape index (κ3) is 4.28. The number of rotatable bonds is 4. The molecule has 1 saturated heterocycles. The molecule has 1 N–H and O–H groups in total. The minimum Gasteiger partial charge on any atom is -0.338 e. The maximum Gasteiger partial charge on any atom is 0.229 e. The van der Waals surface area contributed by atoms with E-state index in [1.54, 1.807) is 4.90 Å². The van der Waals surface area contributed by atoms with E-state index in [4.69, 9.17) is 0 Å². The average Bonchev–Trinajstić information content (AvgIpc) is 2.92. The number of halogens is 1. The summed E-state index contributed by atoms with van der Waals surface area (Å²) in [5, 5.41) is 2.94. The molecule has 1 heterocycles. The minimum atomic E-state index is -0.304. The monoisotopic (exact) mass is 400 g/mol. The van der Waals surface area contributed by atoms with Crippen LogP contribution < -0.4 is 5.32 Å². The molecule has 4 nitrogen and oxygen atoms in total. The molecule has 1 atom stereocenters. The molecule has 5 heteroatoms. The fourth-order valence-electron chi connectivity index (χ4n) is 3.02. The predicted molar refractivity (Wildman–Crippen MR) is 102 cm³/mol. The second-order valence-electron chi connectivity index (χ2n) is 6.59. The van der Waals surface area contributed by atoms with Gasteiger partial charge in [0.05, 0.1) is 5.92 Å². The third-order valence-corrected chi connectivity index (χ3v) is 5.12. The van der Waals surface area contributed by atoms with Gasteiger partial charge in [-0.2, -0.15) is 0 Å². The molecule has 0 saturated carbocycles. The molecular formula is C20H21BrN2O2. The molecule has 2 aromatic rings. The molecule has 0 bridgehead atoms. The van der Waals surface area contributed by atoms with E-state index >= 15 is 0 Å². The van der Waals surface area contributed by atoms with Gasteiger partial charge in [-0.25, -0.2) is 0 Å². The molecule has 1 fully saturated rings. The van der Waals surface area contributed by atoms with Gasteiger partial charge in [0.1, 0.15) is 0 Å². The van der Waals surface area contributed by atoms with Gasteiger partial charge in [0.25, 0.3) is 0 Å². The number of carbonyl (C=O) groups excluding carboxylic acids is 2.